The predicted molar refractivity (Wildman–Crippen MR) is 93.8 cm³/mol. The van der Waals surface area contributed by atoms with Gasteiger partial charge in [-0.1, -0.05) is 18.2 Å². The molecular formula is C17H19N3O3S. The molecule has 0 radical (unpaired) electrons. The molecule has 2 aromatic rings. The fourth-order valence-corrected chi connectivity index (χ4v) is 4.03. The Kier molecular flexibility index (Phi) is 4.29. The van der Waals surface area contributed by atoms with E-state index in [2.05, 4.69) is 4.72 Å². The number of amides is 1. The molecule has 0 aromatic heterocycles. The summed E-state index contributed by atoms with van der Waals surface area (Å²) in [5.74, 6) is -0.227. The molecular weight excluding hydrogens is 326 g/mol. The molecule has 1 aliphatic rings. The number of sulfonamides is 1. The first-order chi connectivity index (χ1) is 11.4. The second-order valence-electron chi connectivity index (χ2n) is 5.57. The number of carbonyl (C=O) groups excluding carboxylic acids is 1. The van der Waals surface area contributed by atoms with Crippen LogP contribution in [0.15, 0.2) is 53.4 Å². The third kappa shape index (κ3) is 2.88. The van der Waals surface area contributed by atoms with Crippen molar-refractivity contribution < 1.29 is 13.2 Å². The molecule has 0 bridgehead atoms. The SMILES string of the molecule is CCN(C(=O)c1ccc2c(c1)S(=O)(=O)NCN2C)c1ccccc1. The number of fused-ring (bicyclic) bond motifs is 1. The van der Waals surface area contributed by atoms with Gasteiger partial charge in [0, 0.05) is 24.8 Å². The molecule has 6 nitrogen and oxygen atoms in total. The lowest BCUT2D eigenvalue weighted by molar-refractivity contribution is 0.0988. The van der Waals surface area contributed by atoms with Crippen molar-refractivity contribution >= 4 is 27.3 Å². The highest BCUT2D eigenvalue weighted by Crippen LogP contribution is 2.29. The van der Waals surface area contributed by atoms with Crippen molar-refractivity contribution in [1.82, 2.24) is 4.72 Å². The fourth-order valence-electron chi connectivity index (χ4n) is 2.73. The van der Waals surface area contributed by atoms with Crippen LogP contribution in [0.5, 0.6) is 0 Å². The van der Waals surface area contributed by atoms with Crippen LogP contribution in [-0.2, 0) is 10.0 Å². The summed E-state index contributed by atoms with van der Waals surface area (Å²) in [5, 5.41) is 0. The molecule has 1 amide bonds. The van der Waals surface area contributed by atoms with Crippen LogP contribution in [0.2, 0.25) is 0 Å². The number of benzene rings is 2. The molecule has 0 atom stereocenters. The lowest BCUT2D eigenvalue weighted by Crippen LogP contribution is -2.41. The second kappa shape index (κ2) is 6.26. The Morgan fingerprint density at radius 3 is 2.58 bits per heavy atom. The largest absolute Gasteiger partial charge is 0.360 e. The summed E-state index contributed by atoms with van der Waals surface area (Å²) >= 11 is 0. The highest BCUT2D eigenvalue weighted by molar-refractivity contribution is 7.89. The summed E-state index contributed by atoms with van der Waals surface area (Å²) < 4.78 is 27.0. The van der Waals surface area contributed by atoms with Crippen LogP contribution in [0.1, 0.15) is 17.3 Å². The number of anilines is 2. The van der Waals surface area contributed by atoms with Crippen molar-refractivity contribution in [2.75, 3.05) is 30.1 Å². The van der Waals surface area contributed by atoms with Gasteiger partial charge in [0.2, 0.25) is 10.0 Å². The Morgan fingerprint density at radius 1 is 1.21 bits per heavy atom. The van der Waals surface area contributed by atoms with Gasteiger partial charge >= 0.3 is 0 Å². The van der Waals surface area contributed by atoms with Crippen molar-refractivity contribution in [2.45, 2.75) is 11.8 Å². The first kappa shape index (κ1) is 16.5. The number of nitrogens with one attached hydrogen (secondary N) is 1. The van der Waals surface area contributed by atoms with E-state index < -0.39 is 10.0 Å². The summed E-state index contributed by atoms with van der Waals surface area (Å²) in [6.45, 7) is 2.59. The Hall–Kier alpha value is -2.38. The molecule has 1 N–H and O–H groups in total. The average Bonchev–Trinajstić information content (AvgIpc) is 2.60. The van der Waals surface area contributed by atoms with Crippen LogP contribution >= 0.6 is 0 Å². The Morgan fingerprint density at radius 2 is 1.92 bits per heavy atom. The minimum atomic E-state index is -3.59. The topological polar surface area (TPSA) is 69.7 Å². The van der Waals surface area contributed by atoms with Crippen molar-refractivity contribution in [3.8, 4) is 0 Å². The van der Waals surface area contributed by atoms with Crippen molar-refractivity contribution in [3.05, 3.63) is 54.1 Å². The first-order valence-corrected chi connectivity index (χ1v) is 9.14. The minimum absolute atomic E-state index is 0.131. The van der Waals surface area contributed by atoms with E-state index in [4.69, 9.17) is 0 Å². The molecule has 1 heterocycles. The molecule has 126 valence electrons. The van der Waals surface area contributed by atoms with Gasteiger partial charge < -0.3 is 9.80 Å². The smallest absolute Gasteiger partial charge is 0.258 e. The van der Waals surface area contributed by atoms with E-state index in [0.717, 1.165) is 5.69 Å². The summed E-state index contributed by atoms with van der Waals surface area (Å²) in [6.07, 6.45) is 0. The predicted octanol–water partition coefficient (Wildman–Crippen LogP) is 2.04. The highest BCUT2D eigenvalue weighted by atomic mass is 32.2. The van der Waals surface area contributed by atoms with Crippen LogP contribution in [-0.4, -0.2) is 34.6 Å². The average molecular weight is 345 g/mol. The molecule has 0 unspecified atom stereocenters. The van der Waals surface area contributed by atoms with Crippen LogP contribution in [0.4, 0.5) is 11.4 Å². The van der Waals surface area contributed by atoms with E-state index in [1.54, 1.807) is 29.0 Å². The Balaban J connectivity index is 2.02. The zero-order valence-corrected chi connectivity index (χ0v) is 14.4. The van der Waals surface area contributed by atoms with E-state index in [1.165, 1.54) is 6.07 Å². The minimum Gasteiger partial charge on any atom is -0.360 e. The van der Waals surface area contributed by atoms with Crippen molar-refractivity contribution in [1.29, 1.82) is 0 Å². The second-order valence-corrected chi connectivity index (χ2v) is 7.31. The summed E-state index contributed by atoms with van der Waals surface area (Å²) in [6, 6.07) is 14.1. The number of hydrogen-bond donors (Lipinski definition) is 1. The van der Waals surface area contributed by atoms with E-state index in [9.17, 15) is 13.2 Å². The van der Waals surface area contributed by atoms with E-state index in [1.807, 2.05) is 37.3 Å². The maximum absolute atomic E-state index is 12.9. The maximum atomic E-state index is 12.9. The molecule has 3 rings (SSSR count). The van der Waals surface area contributed by atoms with Gasteiger partial charge in [0.15, 0.2) is 0 Å². The molecule has 1 aliphatic heterocycles. The van der Waals surface area contributed by atoms with E-state index in [-0.39, 0.29) is 17.5 Å². The first-order valence-electron chi connectivity index (χ1n) is 7.66. The van der Waals surface area contributed by atoms with Crippen molar-refractivity contribution in [3.63, 3.8) is 0 Å². The monoisotopic (exact) mass is 345 g/mol. The summed E-state index contributed by atoms with van der Waals surface area (Å²) in [7, 11) is -1.79. The van der Waals surface area contributed by atoms with Gasteiger partial charge in [0.25, 0.3) is 5.91 Å². The molecule has 0 aliphatic carbocycles. The van der Waals surface area contributed by atoms with Crippen molar-refractivity contribution in [2.24, 2.45) is 0 Å². The van der Waals surface area contributed by atoms with Crippen LogP contribution in [0, 0.1) is 0 Å². The molecule has 24 heavy (non-hydrogen) atoms. The Bertz CT molecular complexity index is 866. The van der Waals surface area contributed by atoms with Gasteiger partial charge in [-0.2, -0.15) is 4.72 Å². The standard InChI is InChI=1S/C17H19N3O3S/c1-3-20(14-7-5-4-6-8-14)17(21)13-9-10-15-16(11-13)24(22,23)18-12-19(15)2/h4-11,18H,3,12H2,1-2H3. The lowest BCUT2D eigenvalue weighted by atomic mass is 10.1. The normalized spacial score (nSPS) is 15.7. The number of para-hydroxylation sites is 1. The zero-order valence-electron chi connectivity index (χ0n) is 13.6. The molecule has 0 spiro atoms. The van der Waals surface area contributed by atoms with Gasteiger partial charge in [-0.05, 0) is 37.3 Å². The van der Waals surface area contributed by atoms with E-state index >= 15 is 0 Å². The van der Waals surface area contributed by atoms with Gasteiger partial charge in [-0.15, -0.1) is 0 Å². The highest BCUT2D eigenvalue weighted by Gasteiger charge is 2.28. The van der Waals surface area contributed by atoms with Crippen LogP contribution < -0.4 is 14.5 Å². The molecule has 0 saturated heterocycles. The number of rotatable bonds is 3. The molecule has 7 heteroatoms. The zero-order chi connectivity index (χ0) is 17.3. The number of nitrogens with zero attached hydrogens (tertiary/aromatic N) is 2. The molecule has 2 aromatic carbocycles. The van der Waals surface area contributed by atoms with Crippen LogP contribution in [0.3, 0.4) is 0 Å². The van der Waals surface area contributed by atoms with E-state index in [0.29, 0.717) is 17.8 Å². The Labute approximate surface area is 141 Å². The number of carbonyl (C=O) groups is 1. The van der Waals surface area contributed by atoms with Crippen LogP contribution in [0.25, 0.3) is 0 Å². The number of hydrogen-bond acceptors (Lipinski definition) is 4. The quantitative estimate of drug-likeness (QED) is 0.924. The molecule has 0 saturated carbocycles. The summed E-state index contributed by atoms with van der Waals surface area (Å²) in [4.78, 5) is 16.4. The van der Waals surface area contributed by atoms with Gasteiger partial charge in [0.1, 0.15) is 4.90 Å². The molecule has 0 fully saturated rings. The summed E-state index contributed by atoms with van der Waals surface area (Å²) in [5.41, 5.74) is 1.72. The van der Waals surface area contributed by atoms with Gasteiger partial charge in [0.05, 0.1) is 12.4 Å². The maximum Gasteiger partial charge on any atom is 0.258 e. The third-order valence-electron chi connectivity index (χ3n) is 4.03. The van der Waals surface area contributed by atoms with Gasteiger partial charge in [-0.25, -0.2) is 8.42 Å². The lowest BCUT2D eigenvalue weighted by Gasteiger charge is -2.28. The third-order valence-corrected chi connectivity index (χ3v) is 5.44. The van der Waals surface area contributed by atoms with Gasteiger partial charge in [-0.3, -0.25) is 4.79 Å². The fraction of sp³-hybridized carbons (Fsp3) is 0.235.